The first-order chi connectivity index (χ1) is 15.1. The van der Waals surface area contributed by atoms with E-state index in [9.17, 15) is 9.59 Å². The van der Waals surface area contributed by atoms with Crippen LogP contribution in [0.3, 0.4) is 0 Å². The van der Waals surface area contributed by atoms with Crippen LogP contribution in [0.4, 0.5) is 5.82 Å². The van der Waals surface area contributed by atoms with Gasteiger partial charge in [-0.15, -0.1) is 0 Å². The zero-order valence-electron chi connectivity index (χ0n) is 16.9. The molecule has 0 aliphatic carbocycles. The van der Waals surface area contributed by atoms with Gasteiger partial charge >= 0.3 is 0 Å². The molecule has 2 amide bonds. The summed E-state index contributed by atoms with van der Waals surface area (Å²) < 4.78 is 1.77. The normalized spacial score (nSPS) is 10.5. The summed E-state index contributed by atoms with van der Waals surface area (Å²) in [7, 11) is 1.83. The van der Waals surface area contributed by atoms with E-state index in [1.54, 1.807) is 41.5 Å². The Morgan fingerprint density at radius 1 is 0.935 bits per heavy atom. The molecule has 0 bridgehead atoms. The number of carbonyl (C=O) groups excluding carboxylic acids is 2. The van der Waals surface area contributed by atoms with E-state index in [-0.39, 0.29) is 18.4 Å². The fourth-order valence-corrected chi connectivity index (χ4v) is 3.15. The molecule has 154 valence electrons. The maximum Gasteiger partial charge on any atom is 0.253 e. The Kier molecular flexibility index (Phi) is 5.84. The minimum atomic E-state index is -0.348. The molecule has 0 aliphatic heterocycles. The SMILES string of the molecule is Cn1ccc(C(=O)NCC(=O)Nc2cccc(-c3cccc(-c4ccncc4)c3)n2)c1. The predicted octanol–water partition coefficient (Wildman–Crippen LogP) is 3.52. The highest BCUT2D eigenvalue weighted by Crippen LogP contribution is 2.25. The first-order valence-corrected chi connectivity index (χ1v) is 9.76. The van der Waals surface area contributed by atoms with Gasteiger partial charge in [0.25, 0.3) is 5.91 Å². The first kappa shape index (κ1) is 20.0. The van der Waals surface area contributed by atoms with Crippen molar-refractivity contribution in [2.75, 3.05) is 11.9 Å². The number of hydrogen-bond acceptors (Lipinski definition) is 4. The van der Waals surface area contributed by atoms with Gasteiger partial charge in [0.05, 0.1) is 17.8 Å². The standard InChI is InChI=1S/C24H21N5O2/c1-29-13-10-20(16-29)24(31)26-15-23(30)28-22-7-3-6-21(27-22)19-5-2-4-18(14-19)17-8-11-25-12-9-17/h2-14,16H,15H2,1H3,(H,26,31)(H,27,28,30). The van der Waals surface area contributed by atoms with Gasteiger partial charge in [-0.3, -0.25) is 14.6 Å². The summed E-state index contributed by atoms with van der Waals surface area (Å²) >= 11 is 0. The van der Waals surface area contributed by atoms with Crippen LogP contribution >= 0.6 is 0 Å². The summed E-state index contributed by atoms with van der Waals surface area (Å²) in [6.07, 6.45) is 6.98. The molecule has 1 aromatic carbocycles. The number of anilines is 1. The molecule has 4 aromatic rings. The van der Waals surface area contributed by atoms with Gasteiger partial charge in [-0.2, -0.15) is 0 Å². The number of aromatic nitrogens is 3. The highest BCUT2D eigenvalue weighted by Gasteiger charge is 2.10. The summed E-state index contributed by atoms with van der Waals surface area (Å²) in [4.78, 5) is 32.9. The quantitative estimate of drug-likeness (QED) is 0.508. The minimum Gasteiger partial charge on any atom is -0.356 e. The van der Waals surface area contributed by atoms with Crippen molar-refractivity contribution in [3.8, 4) is 22.4 Å². The number of nitrogens with one attached hydrogen (secondary N) is 2. The second-order valence-electron chi connectivity index (χ2n) is 7.02. The van der Waals surface area contributed by atoms with Crippen LogP contribution in [0.5, 0.6) is 0 Å². The van der Waals surface area contributed by atoms with Crippen LogP contribution in [0.25, 0.3) is 22.4 Å². The van der Waals surface area contributed by atoms with Gasteiger partial charge in [-0.05, 0) is 47.5 Å². The number of benzene rings is 1. The van der Waals surface area contributed by atoms with E-state index >= 15 is 0 Å². The summed E-state index contributed by atoms with van der Waals surface area (Å²) in [6.45, 7) is -0.142. The zero-order chi connectivity index (χ0) is 21.6. The molecule has 3 heterocycles. The third kappa shape index (κ3) is 5.02. The molecule has 3 aromatic heterocycles. The van der Waals surface area contributed by atoms with Crippen molar-refractivity contribution < 1.29 is 9.59 Å². The van der Waals surface area contributed by atoms with Crippen LogP contribution in [0, 0.1) is 0 Å². The fraction of sp³-hybridized carbons (Fsp3) is 0.0833. The van der Waals surface area contributed by atoms with Crippen LogP contribution in [0.2, 0.25) is 0 Å². The third-order valence-electron chi connectivity index (χ3n) is 4.69. The van der Waals surface area contributed by atoms with Crippen LogP contribution in [-0.2, 0) is 11.8 Å². The minimum absolute atomic E-state index is 0.142. The van der Waals surface area contributed by atoms with Gasteiger partial charge in [0.1, 0.15) is 5.82 Å². The fourth-order valence-electron chi connectivity index (χ4n) is 3.15. The number of carbonyl (C=O) groups is 2. The lowest BCUT2D eigenvalue weighted by Gasteiger charge is -2.09. The van der Waals surface area contributed by atoms with Crippen molar-refractivity contribution in [3.63, 3.8) is 0 Å². The zero-order valence-corrected chi connectivity index (χ0v) is 16.9. The molecule has 0 atom stereocenters. The van der Waals surface area contributed by atoms with Crippen molar-refractivity contribution >= 4 is 17.6 Å². The highest BCUT2D eigenvalue weighted by molar-refractivity contribution is 5.99. The van der Waals surface area contributed by atoms with Gasteiger partial charge in [-0.25, -0.2) is 4.98 Å². The number of pyridine rings is 2. The van der Waals surface area contributed by atoms with Crippen LogP contribution in [-0.4, -0.2) is 32.9 Å². The molecule has 0 radical (unpaired) electrons. The van der Waals surface area contributed by atoms with Crippen molar-refractivity contribution in [2.24, 2.45) is 7.05 Å². The predicted molar refractivity (Wildman–Crippen MR) is 119 cm³/mol. The van der Waals surface area contributed by atoms with E-state index in [0.29, 0.717) is 11.4 Å². The first-order valence-electron chi connectivity index (χ1n) is 9.76. The molecule has 7 nitrogen and oxygen atoms in total. The van der Waals surface area contributed by atoms with E-state index in [4.69, 9.17) is 0 Å². The second-order valence-corrected chi connectivity index (χ2v) is 7.02. The number of nitrogens with zero attached hydrogens (tertiary/aromatic N) is 3. The van der Waals surface area contributed by atoms with Gasteiger partial charge < -0.3 is 15.2 Å². The molecule has 0 fully saturated rings. The molecular formula is C24H21N5O2. The van der Waals surface area contributed by atoms with Crippen LogP contribution < -0.4 is 10.6 Å². The monoisotopic (exact) mass is 411 g/mol. The number of amides is 2. The second kappa shape index (κ2) is 9.04. The van der Waals surface area contributed by atoms with E-state index < -0.39 is 0 Å². The lowest BCUT2D eigenvalue weighted by atomic mass is 10.0. The van der Waals surface area contributed by atoms with Gasteiger partial charge in [-0.1, -0.05) is 24.3 Å². The van der Waals surface area contributed by atoms with Gasteiger partial charge in [0.15, 0.2) is 0 Å². The number of rotatable bonds is 6. The van der Waals surface area contributed by atoms with Crippen LogP contribution in [0.15, 0.2) is 85.5 Å². The molecule has 7 heteroatoms. The largest absolute Gasteiger partial charge is 0.356 e. The molecule has 0 saturated carbocycles. The van der Waals surface area contributed by atoms with E-state index in [1.807, 2.05) is 55.6 Å². The van der Waals surface area contributed by atoms with E-state index in [2.05, 4.69) is 20.6 Å². The molecule has 2 N–H and O–H groups in total. The average molecular weight is 411 g/mol. The molecule has 0 saturated heterocycles. The molecule has 0 spiro atoms. The average Bonchev–Trinajstić information content (AvgIpc) is 3.25. The topological polar surface area (TPSA) is 88.9 Å². The van der Waals surface area contributed by atoms with Gasteiger partial charge in [0, 0.05) is 37.4 Å². The Hall–Kier alpha value is -4.26. The number of hydrogen-bond donors (Lipinski definition) is 2. The van der Waals surface area contributed by atoms with Crippen molar-refractivity contribution in [3.05, 3.63) is 91.0 Å². The Morgan fingerprint density at radius 2 is 1.71 bits per heavy atom. The van der Waals surface area contributed by atoms with E-state index in [0.717, 1.165) is 22.4 Å². The van der Waals surface area contributed by atoms with Crippen molar-refractivity contribution in [2.45, 2.75) is 0 Å². The molecule has 0 unspecified atom stereocenters. The number of aryl methyl sites for hydroxylation is 1. The lowest BCUT2D eigenvalue weighted by Crippen LogP contribution is -2.32. The summed E-state index contributed by atoms with van der Waals surface area (Å²) in [5.74, 6) is -0.226. The maximum absolute atomic E-state index is 12.3. The maximum atomic E-state index is 12.3. The third-order valence-corrected chi connectivity index (χ3v) is 4.69. The summed E-state index contributed by atoms with van der Waals surface area (Å²) in [5, 5.41) is 5.34. The molecule has 4 rings (SSSR count). The lowest BCUT2D eigenvalue weighted by molar-refractivity contribution is -0.115. The summed E-state index contributed by atoms with van der Waals surface area (Å²) in [5.41, 5.74) is 4.30. The Balaban J connectivity index is 1.43. The summed E-state index contributed by atoms with van der Waals surface area (Å²) in [6, 6.07) is 19.0. The highest BCUT2D eigenvalue weighted by atomic mass is 16.2. The van der Waals surface area contributed by atoms with Gasteiger partial charge in [0.2, 0.25) is 5.91 Å². The molecule has 0 aliphatic rings. The smallest absolute Gasteiger partial charge is 0.253 e. The van der Waals surface area contributed by atoms with Crippen molar-refractivity contribution in [1.82, 2.24) is 19.9 Å². The Bertz CT molecular complexity index is 1220. The molecule has 31 heavy (non-hydrogen) atoms. The Morgan fingerprint density at radius 3 is 2.48 bits per heavy atom. The van der Waals surface area contributed by atoms with E-state index in [1.165, 1.54) is 0 Å². The molecular weight excluding hydrogens is 390 g/mol. The Labute approximate surface area is 179 Å². The van der Waals surface area contributed by atoms with Crippen molar-refractivity contribution in [1.29, 1.82) is 0 Å². The van der Waals surface area contributed by atoms with Crippen LogP contribution in [0.1, 0.15) is 10.4 Å².